The number of hydrogen-bond donors (Lipinski definition) is 2. The molecule has 1 rings (SSSR count). The number of anilines is 1. The van der Waals surface area contributed by atoms with Crippen LogP contribution in [0.5, 0.6) is 0 Å². The van der Waals surface area contributed by atoms with Crippen LogP contribution in [0.1, 0.15) is 13.8 Å². The molecule has 5 nitrogen and oxygen atoms in total. The number of carbonyl (C=O) groups excluding carboxylic acids is 1. The third-order valence-electron chi connectivity index (χ3n) is 2.92. The largest absolute Gasteiger partial charge is 0.480 e. The first-order valence-corrected chi connectivity index (χ1v) is 6.21. The second kappa shape index (κ2) is 6.89. The van der Waals surface area contributed by atoms with Gasteiger partial charge in [-0.2, -0.15) is 0 Å². The first-order chi connectivity index (χ1) is 8.93. The van der Waals surface area contributed by atoms with Crippen molar-refractivity contribution in [1.29, 1.82) is 0 Å². The molecule has 19 heavy (non-hydrogen) atoms. The van der Waals surface area contributed by atoms with Gasteiger partial charge in [-0.25, -0.2) is 0 Å². The summed E-state index contributed by atoms with van der Waals surface area (Å²) >= 11 is 0. The Kier molecular flexibility index (Phi) is 5.51. The van der Waals surface area contributed by atoms with E-state index in [0.717, 1.165) is 5.69 Å². The predicted octanol–water partition coefficient (Wildman–Crippen LogP) is 1.35. The van der Waals surface area contributed by atoms with Crippen LogP contribution in [0.25, 0.3) is 0 Å². The molecule has 5 heteroatoms. The van der Waals surface area contributed by atoms with Gasteiger partial charge in [-0.15, -0.1) is 0 Å². The number of rotatable bonds is 6. The maximum absolute atomic E-state index is 12.0. The molecule has 0 aromatic heterocycles. The monoisotopic (exact) mass is 264 g/mol. The lowest BCUT2D eigenvalue weighted by Gasteiger charge is -2.21. The second-order valence-electron chi connectivity index (χ2n) is 4.73. The maximum atomic E-state index is 12.0. The van der Waals surface area contributed by atoms with E-state index in [1.165, 1.54) is 4.90 Å². The molecule has 0 aliphatic carbocycles. The summed E-state index contributed by atoms with van der Waals surface area (Å²) in [6.45, 7) is 3.61. The molecule has 0 bridgehead atoms. The quantitative estimate of drug-likeness (QED) is 0.813. The number of aliphatic carboxylic acids is 1. The van der Waals surface area contributed by atoms with Crippen LogP contribution in [-0.4, -0.2) is 36.6 Å². The third-order valence-corrected chi connectivity index (χ3v) is 2.92. The van der Waals surface area contributed by atoms with Crippen molar-refractivity contribution in [2.24, 2.45) is 5.92 Å². The number of nitrogens with zero attached hydrogens (tertiary/aromatic N) is 1. The van der Waals surface area contributed by atoms with Crippen LogP contribution in [0.15, 0.2) is 30.3 Å². The Morgan fingerprint density at radius 2 is 1.84 bits per heavy atom. The molecule has 1 amide bonds. The molecule has 1 aromatic rings. The molecule has 1 aromatic carbocycles. The zero-order valence-electron chi connectivity index (χ0n) is 11.5. The number of carbonyl (C=O) groups is 2. The topological polar surface area (TPSA) is 69.6 Å². The molecule has 104 valence electrons. The summed E-state index contributed by atoms with van der Waals surface area (Å²) in [4.78, 5) is 24.5. The fourth-order valence-electron chi connectivity index (χ4n) is 1.72. The van der Waals surface area contributed by atoms with Crippen molar-refractivity contribution in [2.75, 3.05) is 18.5 Å². The van der Waals surface area contributed by atoms with Crippen molar-refractivity contribution in [1.82, 2.24) is 5.32 Å². The summed E-state index contributed by atoms with van der Waals surface area (Å²) in [6, 6.07) is 8.51. The van der Waals surface area contributed by atoms with E-state index in [1.54, 1.807) is 20.9 Å². The summed E-state index contributed by atoms with van der Waals surface area (Å²) in [5, 5.41) is 11.8. The average Bonchev–Trinajstić information content (AvgIpc) is 2.38. The maximum Gasteiger partial charge on any atom is 0.320 e. The molecule has 0 aliphatic rings. The van der Waals surface area contributed by atoms with E-state index >= 15 is 0 Å². The summed E-state index contributed by atoms with van der Waals surface area (Å²) in [6.07, 6.45) is 0. The van der Waals surface area contributed by atoms with Crippen LogP contribution in [0.2, 0.25) is 0 Å². The van der Waals surface area contributed by atoms with Crippen LogP contribution >= 0.6 is 0 Å². The van der Waals surface area contributed by atoms with Gasteiger partial charge in [0.2, 0.25) is 5.91 Å². The van der Waals surface area contributed by atoms with Crippen LogP contribution in [0.3, 0.4) is 0 Å². The van der Waals surface area contributed by atoms with Crippen molar-refractivity contribution < 1.29 is 14.7 Å². The number of para-hydroxylation sites is 1. The SMILES string of the molecule is CC(C)C(NCC(=O)N(C)c1ccccc1)C(=O)O. The van der Waals surface area contributed by atoms with E-state index in [1.807, 2.05) is 30.3 Å². The lowest BCUT2D eigenvalue weighted by Crippen LogP contribution is -2.46. The number of amides is 1. The zero-order valence-corrected chi connectivity index (χ0v) is 11.5. The van der Waals surface area contributed by atoms with Crippen molar-refractivity contribution >= 4 is 17.6 Å². The molecule has 0 radical (unpaired) electrons. The van der Waals surface area contributed by atoms with Crippen LogP contribution in [0.4, 0.5) is 5.69 Å². The van der Waals surface area contributed by atoms with Gasteiger partial charge in [0.05, 0.1) is 6.54 Å². The lowest BCUT2D eigenvalue weighted by molar-refractivity contribution is -0.140. The van der Waals surface area contributed by atoms with Crippen molar-refractivity contribution in [3.05, 3.63) is 30.3 Å². The van der Waals surface area contributed by atoms with Crippen molar-refractivity contribution in [2.45, 2.75) is 19.9 Å². The molecule has 1 unspecified atom stereocenters. The van der Waals surface area contributed by atoms with Gasteiger partial charge in [-0.05, 0) is 18.1 Å². The van der Waals surface area contributed by atoms with Gasteiger partial charge in [-0.3, -0.25) is 14.9 Å². The Morgan fingerprint density at radius 1 is 1.26 bits per heavy atom. The van der Waals surface area contributed by atoms with Gasteiger partial charge in [0.15, 0.2) is 0 Å². The first kappa shape index (κ1) is 15.2. The van der Waals surface area contributed by atoms with E-state index in [2.05, 4.69) is 5.32 Å². The summed E-state index contributed by atoms with van der Waals surface area (Å²) in [5.74, 6) is -1.18. The summed E-state index contributed by atoms with van der Waals surface area (Å²) in [5.41, 5.74) is 0.783. The summed E-state index contributed by atoms with van der Waals surface area (Å²) in [7, 11) is 1.67. The molecule has 0 saturated heterocycles. The Balaban J connectivity index is 2.58. The van der Waals surface area contributed by atoms with Crippen LogP contribution in [0, 0.1) is 5.92 Å². The van der Waals surface area contributed by atoms with Crippen molar-refractivity contribution in [3.8, 4) is 0 Å². The second-order valence-corrected chi connectivity index (χ2v) is 4.73. The normalized spacial score (nSPS) is 12.2. The average molecular weight is 264 g/mol. The minimum absolute atomic E-state index is 0.000537. The van der Waals surface area contributed by atoms with Crippen LogP contribution < -0.4 is 10.2 Å². The Labute approximate surface area is 113 Å². The van der Waals surface area contributed by atoms with E-state index in [0.29, 0.717) is 0 Å². The highest BCUT2D eigenvalue weighted by molar-refractivity contribution is 5.94. The number of nitrogens with one attached hydrogen (secondary N) is 1. The smallest absolute Gasteiger partial charge is 0.320 e. The van der Waals surface area contributed by atoms with Gasteiger partial charge in [0.1, 0.15) is 6.04 Å². The molecule has 0 heterocycles. The highest BCUT2D eigenvalue weighted by Crippen LogP contribution is 2.11. The van der Waals surface area contributed by atoms with Crippen LogP contribution in [-0.2, 0) is 9.59 Å². The summed E-state index contributed by atoms with van der Waals surface area (Å²) < 4.78 is 0. The van der Waals surface area contributed by atoms with E-state index in [9.17, 15) is 9.59 Å². The number of carboxylic acid groups (broad SMARTS) is 1. The highest BCUT2D eigenvalue weighted by Gasteiger charge is 2.22. The molecular formula is C14H20N2O3. The fourth-order valence-corrected chi connectivity index (χ4v) is 1.72. The van der Waals surface area contributed by atoms with Crippen molar-refractivity contribution in [3.63, 3.8) is 0 Å². The number of benzene rings is 1. The van der Waals surface area contributed by atoms with E-state index in [4.69, 9.17) is 5.11 Å². The number of likely N-dealkylation sites (N-methyl/N-ethyl adjacent to an activating group) is 1. The lowest BCUT2D eigenvalue weighted by atomic mass is 10.1. The minimum Gasteiger partial charge on any atom is -0.480 e. The minimum atomic E-state index is -0.940. The van der Waals surface area contributed by atoms with Gasteiger partial charge < -0.3 is 10.0 Å². The van der Waals surface area contributed by atoms with Gasteiger partial charge in [-0.1, -0.05) is 32.0 Å². The molecule has 0 spiro atoms. The zero-order chi connectivity index (χ0) is 14.4. The Bertz CT molecular complexity index is 432. The Hall–Kier alpha value is -1.88. The standard InChI is InChI=1S/C14H20N2O3/c1-10(2)13(14(18)19)15-9-12(17)16(3)11-7-5-4-6-8-11/h4-8,10,13,15H,9H2,1-3H3,(H,18,19). The van der Waals surface area contributed by atoms with E-state index in [-0.39, 0.29) is 18.4 Å². The molecular weight excluding hydrogens is 244 g/mol. The van der Waals surface area contributed by atoms with Gasteiger partial charge in [0.25, 0.3) is 0 Å². The highest BCUT2D eigenvalue weighted by atomic mass is 16.4. The first-order valence-electron chi connectivity index (χ1n) is 6.21. The molecule has 0 saturated carbocycles. The molecule has 0 fully saturated rings. The predicted molar refractivity (Wildman–Crippen MR) is 74.1 cm³/mol. The van der Waals surface area contributed by atoms with Gasteiger partial charge >= 0.3 is 5.97 Å². The fraction of sp³-hybridized carbons (Fsp3) is 0.429. The molecule has 2 N–H and O–H groups in total. The number of carboxylic acids is 1. The third kappa shape index (κ3) is 4.37. The van der Waals surface area contributed by atoms with Gasteiger partial charge in [0, 0.05) is 12.7 Å². The number of hydrogen-bond acceptors (Lipinski definition) is 3. The molecule has 0 aliphatic heterocycles. The van der Waals surface area contributed by atoms with E-state index < -0.39 is 12.0 Å². The Morgan fingerprint density at radius 3 is 2.32 bits per heavy atom. The molecule has 1 atom stereocenters.